The molecule has 1 aromatic rings. The molecule has 0 fully saturated rings. The minimum Gasteiger partial charge on any atom is -0.281 e. The summed E-state index contributed by atoms with van der Waals surface area (Å²) in [7, 11) is 0. The van der Waals surface area contributed by atoms with Crippen LogP contribution in [0.25, 0.3) is 0 Å². The van der Waals surface area contributed by atoms with Gasteiger partial charge in [-0.05, 0) is 35.7 Å². The average molecular weight is 205 g/mol. The summed E-state index contributed by atoms with van der Waals surface area (Å²) in [5.74, 6) is -1.28. The Labute approximate surface area is 79.3 Å². The molecule has 0 amide bonds. The van der Waals surface area contributed by atoms with E-state index in [9.17, 15) is 13.6 Å². The van der Waals surface area contributed by atoms with Gasteiger partial charge in [0.25, 0.3) is 0 Å². The number of halogens is 3. The van der Waals surface area contributed by atoms with Gasteiger partial charge in [0.15, 0.2) is 0 Å². The number of carbonyl (C=O) groups is 1. The van der Waals surface area contributed by atoms with E-state index in [4.69, 9.17) is 11.6 Å². The summed E-state index contributed by atoms with van der Waals surface area (Å²) in [5.41, 5.74) is 0.437. The fourth-order valence-corrected chi connectivity index (χ4v) is 1.09. The van der Waals surface area contributed by atoms with Crippen LogP contribution < -0.4 is 0 Å². The molecule has 0 atom stereocenters. The number of hydrogen-bond donors (Lipinski definition) is 0. The number of aryl methyl sites for hydroxylation is 1. The zero-order valence-corrected chi connectivity index (χ0v) is 7.44. The Kier molecular flexibility index (Phi) is 3.37. The lowest BCUT2D eigenvalue weighted by Crippen LogP contribution is -1.93. The molecular weight excluding hydrogens is 198 g/mol. The van der Waals surface area contributed by atoms with Crippen molar-refractivity contribution in [1.29, 1.82) is 0 Å². The molecule has 0 aliphatic rings. The molecule has 0 spiro atoms. The zero-order valence-electron chi connectivity index (χ0n) is 6.69. The highest BCUT2D eigenvalue weighted by Crippen LogP contribution is 2.10. The standard InChI is InChI=1S/C9H7ClF2O/c10-9(13)2-1-6-3-7(11)5-8(12)4-6/h3-5H,1-2H2. The van der Waals surface area contributed by atoms with Gasteiger partial charge in [0, 0.05) is 12.5 Å². The maximum absolute atomic E-state index is 12.6. The maximum Gasteiger partial charge on any atom is 0.221 e. The smallest absolute Gasteiger partial charge is 0.221 e. The van der Waals surface area contributed by atoms with E-state index >= 15 is 0 Å². The molecule has 0 aliphatic heterocycles. The Hall–Kier alpha value is -0.960. The van der Waals surface area contributed by atoms with E-state index in [2.05, 4.69) is 0 Å². The monoisotopic (exact) mass is 204 g/mol. The molecule has 13 heavy (non-hydrogen) atoms. The van der Waals surface area contributed by atoms with Crippen LogP contribution >= 0.6 is 11.6 Å². The molecule has 1 rings (SSSR count). The quantitative estimate of drug-likeness (QED) is 0.692. The average Bonchev–Trinajstić information content (AvgIpc) is 1.99. The molecule has 0 radical (unpaired) electrons. The highest BCUT2D eigenvalue weighted by atomic mass is 35.5. The van der Waals surface area contributed by atoms with E-state index in [1.165, 1.54) is 12.1 Å². The highest BCUT2D eigenvalue weighted by molar-refractivity contribution is 6.63. The molecule has 0 aliphatic carbocycles. The molecule has 1 nitrogen and oxygen atoms in total. The van der Waals surface area contributed by atoms with Gasteiger partial charge >= 0.3 is 0 Å². The van der Waals surface area contributed by atoms with Gasteiger partial charge in [0.2, 0.25) is 5.24 Å². The number of carbonyl (C=O) groups excluding carboxylic acids is 1. The van der Waals surface area contributed by atoms with E-state index in [1.54, 1.807) is 0 Å². The van der Waals surface area contributed by atoms with Crippen molar-refractivity contribution in [3.05, 3.63) is 35.4 Å². The van der Waals surface area contributed by atoms with E-state index in [-0.39, 0.29) is 12.8 Å². The second kappa shape index (κ2) is 4.33. The molecule has 70 valence electrons. The molecule has 0 bridgehead atoms. The fourth-order valence-electron chi connectivity index (χ4n) is 0.998. The lowest BCUT2D eigenvalue weighted by atomic mass is 10.1. The normalized spacial score (nSPS) is 10.1. The number of rotatable bonds is 3. The first-order valence-corrected chi connectivity index (χ1v) is 4.09. The SMILES string of the molecule is O=C(Cl)CCc1cc(F)cc(F)c1. The third-order valence-corrected chi connectivity index (χ3v) is 1.72. The second-order valence-electron chi connectivity index (χ2n) is 2.63. The highest BCUT2D eigenvalue weighted by Gasteiger charge is 2.02. The van der Waals surface area contributed by atoms with Crippen LogP contribution in [-0.4, -0.2) is 5.24 Å². The summed E-state index contributed by atoms with van der Waals surface area (Å²) in [6.07, 6.45) is 0.349. The third-order valence-electron chi connectivity index (χ3n) is 1.53. The van der Waals surface area contributed by atoms with Crippen LogP contribution in [0.15, 0.2) is 18.2 Å². The van der Waals surface area contributed by atoms with E-state index < -0.39 is 16.9 Å². The molecule has 0 saturated heterocycles. The zero-order chi connectivity index (χ0) is 9.84. The Morgan fingerprint density at radius 1 is 1.23 bits per heavy atom. The van der Waals surface area contributed by atoms with E-state index in [1.807, 2.05) is 0 Å². The van der Waals surface area contributed by atoms with Crippen molar-refractivity contribution in [2.24, 2.45) is 0 Å². The first-order chi connectivity index (χ1) is 6.08. The summed E-state index contributed by atoms with van der Waals surface area (Å²) in [6.45, 7) is 0. The summed E-state index contributed by atoms with van der Waals surface area (Å²) >= 11 is 5.08. The van der Waals surface area contributed by atoms with Crippen LogP contribution in [0.3, 0.4) is 0 Å². The van der Waals surface area contributed by atoms with Gasteiger partial charge in [-0.3, -0.25) is 4.79 Å². The largest absolute Gasteiger partial charge is 0.281 e. The van der Waals surface area contributed by atoms with Crippen LogP contribution in [0.4, 0.5) is 8.78 Å². The first-order valence-electron chi connectivity index (χ1n) is 3.71. The number of benzene rings is 1. The van der Waals surface area contributed by atoms with Crippen molar-refractivity contribution in [1.82, 2.24) is 0 Å². The summed E-state index contributed by atoms with van der Waals surface area (Å²) in [4.78, 5) is 10.4. The summed E-state index contributed by atoms with van der Waals surface area (Å²) < 4.78 is 25.2. The Morgan fingerprint density at radius 3 is 2.23 bits per heavy atom. The molecule has 0 heterocycles. The Bertz CT molecular complexity index is 305. The predicted molar refractivity (Wildman–Crippen MR) is 45.5 cm³/mol. The topological polar surface area (TPSA) is 17.1 Å². The van der Waals surface area contributed by atoms with Gasteiger partial charge in [-0.15, -0.1) is 0 Å². The molecule has 0 N–H and O–H groups in total. The molecule has 4 heteroatoms. The lowest BCUT2D eigenvalue weighted by Gasteiger charge is -1.98. The van der Waals surface area contributed by atoms with Gasteiger partial charge < -0.3 is 0 Å². The van der Waals surface area contributed by atoms with Gasteiger partial charge in [0.1, 0.15) is 11.6 Å². The summed E-state index contributed by atoms with van der Waals surface area (Å²) in [6, 6.07) is 3.15. The molecule has 1 aromatic carbocycles. The Morgan fingerprint density at radius 2 is 1.77 bits per heavy atom. The van der Waals surface area contributed by atoms with Crippen LogP contribution in [0.2, 0.25) is 0 Å². The minimum absolute atomic E-state index is 0.0877. The lowest BCUT2D eigenvalue weighted by molar-refractivity contribution is -0.111. The molecule has 0 unspecified atom stereocenters. The van der Waals surface area contributed by atoms with Crippen molar-refractivity contribution in [2.45, 2.75) is 12.8 Å². The Balaban J connectivity index is 2.71. The van der Waals surface area contributed by atoms with Crippen molar-refractivity contribution < 1.29 is 13.6 Å². The van der Waals surface area contributed by atoms with Gasteiger partial charge in [-0.1, -0.05) is 0 Å². The fraction of sp³-hybridized carbons (Fsp3) is 0.222. The summed E-state index contributed by atoms with van der Waals surface area (Å²) in [5, 5.41) is -0.510. The van der Waals surface area contributed by atoms with Crippen LogP contribution in [-0.2, 0) is 11.2 Å². The van der Waals surface area contributed by atoms with Crippen molar-refractivity contribution in [2.75, 3.05) is 0 Å². The van der Waals surface area contributed by atoms with Gasteiger partial charge in [0.05, 0.1) is 0 Å². The molecular formula is C9H7ClF2O. The first kappa shape index (κ1) is 10.1. The van der Waals surface area contributed by atoms with Crippen molar-refractivity contribution in [3.8, 4) is 0 Å². The van der Waals surface area contributed by atoms with Crippen molar-refractivity contribution in [3.63, 3.8) is 0 Å². The maximum atomic E-state index is 12.6. The van der Waals surface area contributed by atoms with Crippen molar-refractivity contribution >= 4 is 16.8 Å². The van der Waals surface area contributed by atoms with Gasteiger partial charge in [-0.25, -0.2) is 8.78 Å². The van der Waals surface area contributed by atoms with E-state index in [0.29, 0.717) is 5.56 Å². The van der Waals surface area contributed by atoms with Crippen LogP contribution in [0, 0.1) is 11.6 Å². The predicted octanol–water partition coefficient (Wildman–Crippen LogP) is 2.66. The second-order valence-corrected chi connectivity index (χ2v) is 3.05. The van der Waals surface area contributed by atoms with E-state index in [0.717, 1.165) is 6.07 Å². The molecule has 0 aromatic heterocycles. The number of hydrogen-bond acceptors (Lipinski definition) is 1. The van der Waals surface area contributed by atoms with Crippen LogP contribution in [0.5, 0.6) is 0 Å². The molecule has 0 saturated carbocycles. The van der Waals surface area contributed by atoms with Gasteiger partial charge in [-0.2, -0.15) is 0 Å². The third kappa shape index (κ3) is 3.51. The minimum atomic E-state index is -0.642. The van der Waals surface area contributed by atoms with Crippen LogP contribution in [0.1, 0.15) is 12.0 Å².